The largest absolute Gasteiger partial charge is 0.310 e. The second-order valence-electron chi connectivity index (χ2n) is 4.38. The standard InChI is InChI=1S/C14H18ClN3/c1-4-16-10(2)12-5-7-13(8-6-12)18-9-14(15)11(3)17-18/h5-10,16H,4H2,1-3H3. The molecule has 0 aliphatic rings. The van der Waals surface area contributed by atoms with Gasteiger partial charge in [0.1, 0.15) is 0 Å². The van der Waals surface area contributed by atoms with Crippen LogP contribution < -0.4 is 5.32 Å². The Labute approximate surface area is 113 Å². The lowest BCUT2D eigenvalue weighted by atomic mass is 10.1. The highest BCUT2D eigenvalue weighted by Gasteiger charge is 2.06. The van der Waals surface area contributed by atoms with E-state index >= 15 is 0 Å². The normalized spacial score (nSPS) is 12.7. The molecule has 4 heteroatoms. The molecule has 18 heavy (non-hydrogen) atoms. The average molecular weight is 264 g/mol. The van der Waals surface area contributed by atoms with Crippen molar-refractivity contribution in [1.29, 1.82) is 0 Å². The number of hydrogen-bond acceptors (Lipinski definition) is 2. The monoisotopic (exact) mass is 263 g/mol. The quantitative estimate of drug-likeness (QED) is 0.915. The molecule has 0 radical (unpaired) electrons. The number of aryl methyl sites for hydroxylation is 1. The van der Waals surface area contributed by atoms with Crippen LogP contribution in [0, 0.1) is 6.92 Å². The van der Waals surface area contributed by atoms with E-state index in [0.717, 1.165) is 17.9 Å². The van der Waals surface area contributed by atoms with Crippen molar-refractivity contribution in [2.75, 3.05) is 6.54 Å². The number of hydrogen-bond donors (Lipinski definition) is 1. The Morgan fingerprint density at radius 1 is 1.33 bits per heavy atom. The molecule has 0 amide bonds. The van der Waals surface area contributed by atoms with E-state index in [-0.39, 0.29) is 0 Å². The summed E-state index contributed by atoms with van der Waals surface area (Å²) in [6.45, 7) is 7.14. The minimum Gasteiger partial charge on any atom is -0.310 e. The highest BCUT2D eigenvalue weighted by atomic mass is 35.5. The third-order valence-electron chi connectivity index (χ3n) is 3.01. The molecule has 0 saturated carbocycles. The van der Waals surface area contributed by atoms with Gasteiger partial charge < -0.3 is 5.32 Å². The van der Waals surface area contributed by atoms with Gasteiger partial charge in [-0.25, -0.2) is 4.68 Å². The molecule has 0 aliphatic carbocycles. The van der Waals surface area contributed by atoms with Gasteiger partial charge in [0.15, 0.2) is 0 Å². The zero-order chi connectivity index (χ0) is 13.1. The number of nitrogens with one attached hydrogen (secondary N) is 1. The second-order valence-corrected chi connectivity index (χ2v) is 4.79. The summed E-state index contributed by atoms with van der Waals surface area (Å²) < 4.78 is 1.80. The summed E-state index contributed by atoms with van der Waals surface area (Å²) in [4.78, 5) is 0. The third-order valence-corrected chi connectivity index (χ3v) is 3.38. The minimum atomic E-state index is 0.368. The van der Waals surface area contributed by atoms with Crippen LogP contribution >= 0.6 is 11.6 Å². The molecule has 1 atom stereocenters. The van der Waals surface area contributed by atoms with E-state index < -0.39 is 0 Å². The van der Waals surface area contributed by atoms with Crippen LogP contribution in [0.3, 0.4) is 0 Å². The summed E-state index contributed by atoms with van der Waals surface area (Å²) in [7, 11) is 0. The lowest BCUT2D eigenvalue weighted by molar-refractivity contribution is 0.598. The minimum absolute atomic E-state index is 0.368. The van der Waals surface area contributed by atoms with Gasteiger partial charge in [-0.3, -0.25) is 0 Å². The molecule has 2 aromatic rings. The number of nitrogens with zero attached hydrogens (tertiary/aromatic N) is 2. The Bertz CT molecular complexity index is 497. The van der Waals surface area contributed by atoms with Crippen LogP contribution in [0.4, 0.5) is 0 Å². The SMILES string of the molecule is CCNC(C)c1ccc(-n2cc(Cl)c(C)n2)cc1. The smallest absolute Gasteiger partial charge is 0.0819 e. The second kappa shape index (κ2) is 5.55. The zero-order valence-corrected chi connectivity index (χ0v) is 11.7. The first-order valence-electron chi connectivity index (χ1n) is 6.17. The highest BCUT2D eigenvalue weighted by molar-refractivity contribution is 6.31. The van der Waals surface area contributed by atoms with E-state index in [2.05, 4.69) is 48.5 Å². The van der Waals surface area contributed by atoms with Gasteiger partial charge in [-0.15, -0.1) is 0 Å². The van der Waals surface area contributed by atoms with Crippen molar-refractivity contribution in [3.63, 3.8) is 0 Å². The van der Waals surface area contributed by atoms with E-state index in [1.54, 1.807) is 4.68 Å². The number of aromatic nitrogens is 2. The van der Waals surface area contributed by atoms with E-state index in [1.165, 1.54) is 5.56 Å². The maximum Gasteiger partial charge on any atom is 0.0819 e. The van der Waals surface area contributed by atoms with Crippen molar-refractivity contribution in [2.45, 2.75) is 26.8 Å². The van der Waals surface area contributed by atoms with Crippen molar-refractivity contribution in [3.8, 4) is 5.69 Å². The molecule has 0 aliphatic heterocycles. The Balaban J connectivity index is 2.22. The summed E-state index contributed by atoms with van der Waals surface area (Å²) in [5.41, 5.74) is 3.15. The van der Waals surface area contributed by atoms with Gasteiger partial charge in [-0.05, 0) is 38.1 Å². The van der Waals surface area contributed by atoms with Crippen LogP contribution in [-0.2, 0) is 0 Å². The van der Waals surface area contributed by atoms with Gasteiger partial charge in [0, 0.05) is 12.2 Å². The van der Waals surface area contributed by atoms with Crippen LogP contribution in [0.25, 0.3) is 5.69 Å². The van der Waals surface area contributed by atoms with E-state index in [0.29, 0.717) is 11.1 Å². The van der Waals surface area contributed by atoms with Gasteiger partial charge in [0.25, 0.3) is 0 Å². The summed E-state index contributed by atoms with van der Waals surface area (Å²) in [5, 5.41) is 8.45. The van der Waals surface area contributed by atoms with Crippen molar-refractivity contribution < 1.29 is 0 Å². The fourth-order valence-electron chi connectivity index (χ4n) is 1.91. The molecule has 1 N–H and O–H groups in total. The average Bonchev–Trinajstić information content (AvgIpc) is 2.70. The molecule has 0 fully saturated rings. The Morgan fingerprint density at radius 3 is 2.50 bits per heavy atom. The summed E-state index contributed by atoms with van der Waals surface area (Å²) in [6.07, 6.45) is 1.83. The van der Waals surface area contributed by atoms with Gasteiger partial charge in [0.2, 0.25) is 0 Å². The van der Waals surface area contributed by atoms with Crippen LogP contribution in [0.15, 0.2) is 30.5 Å². The zero-order valence-electron chi connectivity index (χ0n) is 10.9. The molecule has 96 valence electrons. The summed E-state index contributed by atoms with van der Waals surface area (Å²) in [5.74, 6) is 0. The Kier molecular flexibility index (Phi) is 4.04. The van der Waals surface area contributed by atoms with Gasteiger partial charge in [-0.2, -0.15) is 5.10 Å². The maximum atomic E-state index is 6.01. The van der Waals surface area contributed by atoms with Crippen molar-refractivity contribution in [2.24, 2.45) is 0 Å². The molecule has 0 spiro atoms. The molecule has 1 aromatic carbocycles. The van der Waals surface area contributed by atoms with Crippen molar-refractivity contribution in [1.82, 2.24) is 15.1 Å². The predicted octanol–water partition coefficient (Wildman–Crippen LogP) is 3.50. The predicted molar refractivity (Wildman–Crippen MR) is 75.4 cm³/mol. The highest BCUT2D eigenvalue weighted by Crippen LogP contribution is 2.18. The van der Waals surface area contributed by atoms with Gasteiger partial charge in [0.05, 0.1) is 16.4 Å². The first kappa shape index (κ1) is 13.1. The van der Waals surface area contributed by atoms with Crippen LogP contribution in [0.2, 0.25) is 5.02 Å². The Morgan fingerprint density at radius 2 is 2.00 bits per heavy atom. The summed E-state index contributed by atoms with van der Waals surface area (Å²) >= 11 is 6.01. The lowest BCUT2D eigenvalue weighted by Crippen LogP contribution is -2.17. The fourth-order valence-corrected chi connectivity index (χ4v) is 2.04. The molecular formula is C14H18ClN3. The molecule has 2 rings (SSSR count). The van der Waals surface area contributed by atoms with Crippen LogP contribution in [0.5, 0.6) is 0 Å². The molecule has 3 nitrogen and oxygen atoms in total. The van der Waals surface area contributed by atoms with Crippen molar-refractivity contribution in [3.05, 3.63) is 46.7 Å². The van der Waals surface area contributed by atoms with E-state index in [9.17, 15) is 0 Å². The molecular weight excluding hydrogens is 246 g/mol. The number of rotatable bonds is 4. The molecule has 1 aromatic heterocycles. The number of benzene rings is 1. The summed E-state index contributed by atoms with van der Waals surface area (Å²) in [6, 6.07) is 8.73. The number of halogens is 1. The Hall–Kier alpha value is -1.32. The molecule has 0 saturated heterocycles. The van der Waals surface area contributed by atoms with Crippen LogP contribution in [0.1, 0.15) is 31.1 Å². The van der Waals surface area contributed by atoms with Crippen molar-refractivity contribution >= 4 is 11.6 Å². The molecule has 0 bridgehead atoms. The third kappa shape index (κ3) is 2.74. The van der Waals surface area contributed by atoms with Gasteiger partial charge >= 0.3 is 0 Å². The van der Waals surface area contributed by atoms with E-state index in [4.69, 9.17) is 11.6 Å². The first-order valence-corrected chi connectivity index (χ1v) is 6.55. The van der Waals surface area contributed by atoms with Gasteiger partial charge in [-0.1, -0.05) is 30.7 Å². The molecule has 1 heterocycles. The fraction of sp³-hybridized carbons (Fsp3) is 0.357. The maximum absolute atomic E-state index is 6.01. The first-order chi connectivity index (χ1) is 8.61. The lowest BCUT2D eigenvalue weighted by Gasteiger charge is -2.13. The van der Waals surface area contributed by atoms with E-state index in [1.807, 2.05) is 13.1 Å². The van der Waals surface area contributed by atoms with Crippen LogP contribution in [-0.4, -0.2) is 16.3 Å². The topological polar surface area (TPSA) is 29.9 Å². The molecule has 1 unspecified atom stereocenters.